The number of anilines is 1. The highest BCUT2D eigenvalue weighted by Crippen LogP contribution is 2.44. The van der Waals surface area contributed by atoms with Gasteiger partial charge in [0.1, 0.15) is 12.4 Å². The van der Waals surface area contributed by atoms with Crippen LogP contribution in [0.5, 0.6) is 5.75 Å². The average molecular weight is 397 g/mol. The summed E-state index contributed by atoms with van der Waals surface area (Å²) in [5, 5.41) is 3.04. The van der Waals surface area contributed by atoms with Gasteiger partial charge in [-0.3, -0.25) is 14.1 Å². The molecule has 2 aromatic carbocycles. The number of carbonyl (C=O) groups is 1. The monoisotopic (exact) mass is 397 g/mol. The van der Waals surface area contributed by atoms with Gasteiger partial charge in [0.25, 0.3) is 0 Å². The number of amides is 1. The summed E-state index contributed by atoms with van der Waals surface area (Å²) in [4.78, 5) is 15.0. The Morgan fingerprint density at radius 2 is 1.89 bits per heavy atom. The van der Waals surface area contributed by atoms with Crippen LogP contribution in [0.3, 0.4) is 0 Å². The molecule has 1 fully saturated rings. The molecule has 0 bridgehead atoms. The van der Waals surface area contributed by atoms with Crippen molar-refractivity contribution in [2.24, 2.45) is 0 Å². The number of halogens is 1. The summed E-state index contributed by atoms with van der Waals surface area (Å²) in [7, 11) is 3.65. The summed E-state index contributed by atoms with van der Waals surface area (Å²) in [6.45, 7) is 3.18. The predicted molar refractivity (Wildman–Crippen MR) is 114 cm³/mol. The molecule has 2 aliphatic rings. The van der Waals surface area contributed by atoms with E-state index in [1.165, 1.54) is 7.28 Å². The largest absolute Gasteiger partial charge is 0.492 e. The maximum absolute atomic E-state index is 13.0. The Labute approximate surface area is 168 Å². The lowest BCUT2D eigenvalue weighted by molar-refractivity contribution is -0.122. The first-order valence-corrected chi connectivity index (χ1v) is 10.3. The van der Waals surface area contributed by atoms with Crippen molar-refractivity contribution in [3.63, 3.8) is 0 Å². The number of ether oxygens (including phenoxy) is 1. The summed E-state index contributed by atoms with van der Waals surface area (Å²) in [5.41, 5.74) is 2.58. The van der Waals surface area contributed by atoms with E-state index in [1.807, 2.05) is 42.5 Å². The Morgan fingerprint density at radius 1 is 1.18 bits per heavy atom. The number of para-hydroxylation sites is 1. The number of fused-ring (bicyclic) bond motifs is 2. The van der Waals surface area contributed by atoms with Gasteiger partial charge >= 0.3 is 0 Å². The lowest BCUT2D eigenvalue weighted by atomic mass is 9.72. The van der Waals surface area contributed by atoms with Crippen molar-refractivity contribution in [3.05, 3.63) is 54.1 Å². The highest BCUT2D eigenvalue weighted by molar-refractivity contribution is 7.21. The van der Waals surface area contributed by atoms with Crippen LogP contribution < -0.4 is 15.5 Å². The second-order valence-corrected chi connectivity index (χ2v) is 8.09. The Morgan fingerprint density at radius 3 is 2.61 bits per heavy atom. The number of piperidine rings is 1. The molecule has 1 radical (unpaired) electrons. The SMILES string of the molecule is O=C1Nc2ccccc2C12CCN(CCOc1ccc([B]C(F)P)cc1)CC2. The molecule has 2 heterocycles. The van der Waals surface area contributed by atoms with Crippen molar-refractivity contribution in [2.75, 3.05) is 31.6 Å². The molecule has 4 nitrogen and oxygen atoms in total. The number of hydrogen-bond acceptors (Lipinski definition) is 3. The zero-order valence-corrected chi connectivity index (χ0v) is 16.9. The second kappa shape index (κ2) is 8.22. The van der Waals surface area contributed by atoms with Crippen LogP contribution in [-0.2, 0) is 10.2 Å². The maximum atomic E-state index is 13.0. The molecule has 0 saturated carbocycles. The van der Waals surface area contributed by atoms with Gasteiger partial charge in [0.05, 0.1) is 11.2 Å². The molecule has 2 atom stereocenters. The van der Waals surface area contributed by atoms with Crippen LogP contribution in [0, 0.1) is 0 Å². The molecular weight excluding hydrogens is 373 g/mol. The quantitative estimate of drug-likeness (QED) is 0.602. The summed E-state index contributed by atoms with van der Waals surface area (Å²) in [6, 6.07) is 15.5. The molecule has 0 aliphatic carbocycles. The number of benzene rings is 2. The smallest absolute Gasteiger partial charge is 0.235 e. The van der Waals surface area contributed by atoms with Gasteiger partial charge in [0, 0.05) is 12.2 Å². The zero-order valence-electron chi connectivity index (χ0n) is 15.7. The number of nitrogens with one attached hydrogen (secondary N) is 1. The van der Waals surface area contributed by atoms with Gasteiger partial charge in [-0.05, 0) is 49.7 Å². The van der Waals surface area contributed by atoms with E-state index >= 15 is 0 Å². The number of nitrogens with zero attached hydrogens (tertiary/aromatic N) is 1. The van der Waals surface area contributed by atoms with Crippen molar-refractivity contribution in [1.29, 1.82) is 0 Å². The van der Waals surface area contributed by atoms with Gasteiger partial charge in [-0.1, -0.05) is 35.8 Å². The predicted octanol–water partition coefficient (Wildman–Crippen LogP) is 2.51. The fourth-order valence-electron chi connectivity index (χ4n) is 4.18. The van der Waals surface area contributed by atoms with Crippen LogP contribution in [0.1, 0.15) is 18.4 Å². The highest BCUT2D eigenvalue weighted by atomic mass is 31.0. The summed E-state index contributed by atoms with van der Waals surface area (Å²) in [6.07, 6.45) is 1.67. The fourth-order valence-corrected chi connectivity index (χ4v) is 4.40. The first kappa shape index (κ1) is 19.4. The van der Waals surface area contributed by atoms with Gasteiger partial charge in [-0.25, -0.2) is 0 Å². The van der Waals surface area contributed by atoms with E-state index in [0.29, 0.717) is 6.61 Å². The summed E-state index contributed by atoms with van der Waals surface area (Å²) in [5.74, 6) is -0.112. The van der Waals surface area contributed by atoms with Crippen molar-refractivity contribution in [2.45, 2.75) is 24.1 Å². The van der Waals surface area contributed by atoms with Gasteiger partial charge in [0.15, 0.2) is 0 Å². The third-order valence-corrected chi connectivity index (χ3v) is 5.94. The minimum atomic E-state index is -1.04. The van der Waals surface area contributed by atoms with E-state index in [0.717, 1.165) is 54.9 Å². The first-order chi connectivity index (χ1) is 13.6. The van der Waals surface area contributed by atoms with Crippen LogP contribution in [0.2, 0.25) is 0 Å². The van der Waals surface area contributed by atoms with Crippen LogP contribution in [0.4, 0.5) is 10.1 Å². The molecule has 4 rings (SSSR count). The second-order valence-electron chi connectivity index (χ2n) is 7.45. The Balaban J connectivity index is 1.27. The Kier molecular flexibility index (Phi) is 5.70. The first-order valence-electron chi connectivity index (χ1n) is 9.67. The lowest BCUT2D eigenvalue weighted by Gasteiger charge is -2.37. The topological polar surface area (TPSA) is 41.6 Å². The van der Waals surface area contributed by atoms with Crippen LogP contribution in [-0.4, -0.2) is 50.1 Å². The van der Waals surface area contributed by atoms with Gasteiger partial charge in [-0.2, -0.15) is 0 Å². The number of rotatable bonds is 6. The third kappa shape index (κ3) is 3.94. The van der Waals surface area contributed by atoms with Crippen LogP contribution in [0.15, 0.2) is 48.5 Å². The normalized spacial score (nSPS) is 19.1. The molecule has 145 valence electrons. The van der Waals surface area contributed by atoms with E-state index in [9.17, 15) is 9.18 Å². The number of alkyl halides is 1. The zero-order chi connectivity index (χ0) is 19.6. The molecule has 1 amide bonds. The fraction of sp³-hybridized carbons (Fsp3) is 0.381. The van der Waals surface area contributed by atoms with Crippen molar-refractivity contribution in [3.8, 4) is 5.75 Å². The van der Waals surface area contributed by atoms with Gasteiger partial charge in [0.2, 0.25) is 13.2 Å². The third-order valence-electron chi connectivity index (χ3n) is 5.74. The molecule has 2 aliphatic heterocycles. The number of hydrogen-bond donors (Lipinski definition) is 1. The van der Waals surface area contributed by atoms with E-state index in [2.05, 4.69) is 25.5 Å². The van der Waals surface area contributed by atoms with E-state index in [1.54, 1.807) is 0 Å². The number of carbonyl (C=O) groups excluding carboxylic acids is 1. The van der Waals surface area contributed by atoms with Crippen molar-refractivity contribution in [1.82, 2.24) is 4.90 Å². The summed E-state index contributed by atoms with van der Waals surface area (Å²) < 4.78 is 18.8. The minimum Gasteiger partial charge on any atom is -0.492 e. The maximum Gasteiger partial charge on any atom is 0.235 e. The minimum absolute atomic E-state index is 0.141. The molecular formula is C21H24BFN2O2P. The molecule has 2 unspecified atom stereocenters. The lowest BCUT2D eigenvalue weighted by Crippen LogP contribution is -2.47. The molecule has 1 N–H and O–H groups in total. The van der Waals surface area contributed by atoms with E-state index in [-0.39, 0.29) is 11.3 Å². The van der Waals surface area contributed by atoms with Crippen molar-refractivity contribution >= 4 is 33.6 Å². The van der Waals surface area contributed by atoms with Crippen LogP contribution in [0.25, 0.3) is 0 Å². The van der Waals surface area contributed by atoms with E-state index in [4.69, 9.17) is 4.74 Å². The Hall–Kier alpha value is -1.91. The van der Waals surface area contributed by atoms with E-state index < -0.39 is 5.81 Å². The number of likely N-dealkylation sites (tertiary alicyclic amines) is 1. The van der Waals surface area contributed by atoms with Crippen LogP contribution >= 0.6 is 9.24 Å². The molecule has 2 aromatic rings. The molecule has 1 spiro atoms. The molecule has 0 aromatic heterocycles. The van der Waals surface area contributed by atoms with Gasteiger partial charge in [-0.15, -0.1) is 9.24 Å². The summed E-state index contributed by atoms with van der Waals surface area (Å²) >= 11 is 0. The molecule has 7 heteroatoms. The Bertz CT molecular complexity index is 839. The van der Waals surface area contributed by atoms with Gasteiger partial charge < -0.3 is 10.1 Å². The van der Waals surface area contributed by atoms with Crippen molar-refractivity contribution < 1.29 is 13.9 Å². The molecule has 1 saturated heterocycles. The molecule has 28 heavy (non-hydrogen) atoms. The highest BCUT2D eigenvalue weighted by Gasteiger charge is 2.48. The average Bonchev–Trinajstić information content (AvgIpc) is 2.96. The standard InChI is InChI=1S/C21H24BFN2O2P/c23-20(28)22-15-5-7-16(8-6-15)27-14-13-25-11-9-21(10-12-25)17-3-1-2-4-18(17)24-19(21)26/h1-8,20H,9-14,28H2,(H,24,26).